The maximum atomic E-state index is 11.3. The van der Waals surface area contributed by atoms with Crippen molar-refractivity contribution in [2.45, 2.75) is 31.8 Å². The van der Waals surface area contributed by atoms with Crippen molar-refractivity contribution in [2.75, 3.05) is 13.1 Å². The van der Waals surface area contributed by atoms with Crippen molar-refractivity contribution in [3.8, 4) is 0 Å². The topological polar surface area (TPSA) is 32.3 Å². The molecule has 2 atom stereocenters. The molecular formula is C8H14N2O. The van der Waals surface area contributed by atoms with Gasteiger partial charge in [-0.1, -0.05) is 0 Å². The van der Waals surface area contributed by atoms with Crippen LogP contribution < -0.4 is 5.32 Å². The second-order valence-electron chi connectivity index (χ2n) is 3.56. The van der Waals surface area contributed by atoms with Gasteiger partial charge in [-0.2, -0.15) is 0 Å². The summed E-state index contributed by atoms with van der Waals surface area (Å²) in [6.07, 6.45) is 2.24. The third-order valence-electron chi connectivity index (χ3n) is 2.56. The second-order valence-corrected chi connectivity index (χ2v) is 3.56. The van der Waals surface area contributed by atoms with E-state index in [1.54, 1.807) is 0 Å². The molecule has 0 saturated carbocycles. The fourth-order valence-corrected chi connectivity index (χ4v) is 2.08. The van der Waals surface area contributed by atoms with Gasteiger partial charge in [-0.15, -0.1) is 0 Å². The van der Waals surface area contributed by atoms with Crippen LogP contribution in [-0.4, -0.2) is 36.0 Å². The third-order valence-corrected chi connectivity index (χ3v) is 2.56. The summed E-state index contributed by atoms with van der Waals surface area (Å²) in [6.45, 7) is 4.21. The van der Waals surface area contributed by atoms with Crippen LogP contribution in [0.3, 0.4) is 0 Å². The van der Waals surface area contributed by atoms with Gasteiger partial charge in [0.05, 0.1) is 6.04 Å². The van der Waals surface area contributed by atoms with Crippen molar-refractivity contribution in [3.05, 3.63) is 0 Å². The zero-order chi connectivity index (χ0) is 7.84. The van der Waals surface area contributed by atoms with Crippen LogP contribution in [0.15, 0.2) is 0 Å². The Kier molecular flexibility index (Phi) is 1.60. The van der Waals surface area contributed by atoms with Gasteiger partial charge in [-0.05, 0) is 26.3 Å². The van der Waals surface area contributed by atoms with Crippen molar-refractivity contribution in [1.82, 2.24) is 10.2 Å². The molecular weight excluding hydrogens is 140 g/mol. The van der Waals surface area contributed by atoms with E-state index in [9.17, 15) is 4.79 Å². The van der Waals surface area contributed by atoms with Crippen molar-refractivity contribution in [2.24, 2.45) is 0 Å². The number of nitrogens with zero attached hydrogens (tertiary/aromatic N) is 1. The second kappa shape index (κ2) is 2.48. The molecule has 0 radical (unpaired) electrons. The highest BCUT2D eigenvalue weighted by Crippen LogP contribution is 2.20. The monoisotopic (exact) mass is 154 g/mol. The molecule has 0 spiro atoms. The van der Waals surface area contributed by atoms with Crippen LogP contribution in [0.4, 0.5) is 0 Å². The first-order chi connectivity index (χ1) is 5.27. The molecule has 0 unspecified atom stereocenters. The van der Waals surface area contributed by atoms with E-state index in [1.165, 1.54) is 6.42 Å². The highest BCUT2D eigenvalue weighted by Gasteiger charge is 2.35. The van der Waals surface area contributed by atoms with Gasteiger partial charge in [0.2, 0.25) is 5.91 Å². The molecule has 0 aromatic rings. The summed E-state index contributed by atoms with van der Waals surface area (Å²) in [6, 6.07) is 0.544. The Balaban J connectivity index is 2.10. The number of hydrogen-bond donors (Lipinski definition) is 1. The molecule has 2 heterocycles. The Morgan fingerprint density at radius 2 is 2.45 bits per heavy atom. The fourth-order valence-electron chi connectivity index (χ4n) is 2.08. The lowest BCUT2D eigenvalue weighted by molar-refractivity contribution is -0.128. The Morgan fingerprint density at radius 1 is 1.64 bits per heavy atom. The number of piperazine rings is 1. The largest absolute Gasteiger partial charge is 0.351 e. The molecule has 0 aromatic carbocycles. The molecule has 62 valence electrons. The molecule has 2 saturated heterocycles. The molecule has 2 aliphatic rings. The van der Waals surface area contributed by atoms with Gasteiger partial charge in [-0.25, -0.2) is 0 Å². The minimum Gasteiger partial charge on any atom is -0.351 e. The molecule has 2 fully saturated rings. The molecule has 11 heavy (non-hydrogen) atoms. The van der Waals surface area contributed by atoms with Crippen molar-refractivity contribution in [1.29, 1.82) is 0 Å². The van der Waals surface area contributed by atoms with Crippen molar-refractivity contribution >= 4 is 5.91 Å². The first-order valence-corrected chi connectivity index (χ1v) is 4.32. The van der Waals surface area contributed by atoms with Crippen molar-refractivity contribution in [3.63, 3.8) is 0 Å². The number of rotatable bonds is 0. The lowest BCUT2D eigenvalue weighted by Crippen LogP contribution is -2.56. The Bertz CT molecular complexity index is 181. The summed E-state index contributed by atoms with van der Waals surface area (Å²) in [5.74, 6) is 0.237. The predicted molar refractivity (Wildman–Crippen MR) is 42.2 cm³/mol. The lowest BCUT2D eigenvalue weighted by Gasteiger charge is -2.33. The van der Waals surface area contributed by atoms with Crippen LogP contribution in [0.2, 0.25) is 0 Å². The molecule has 1 N–H and O–H groups in total. The third kappa shape index (κ3) is 1.13. The number of carbonyl (C=O) groups excluding carboxylic acids is 1. The summed E-state index contributed by atoms with van der Waals surface area (Å²) in [4.78, 5) is 13.6. The molecule has 2 aliphatic heterocycles. The first kappa shape index (κ1) is 7.10. The summed E-state index contributed by atoms with van der Waals surface area (Å²) < 4.78 is 0. The Hall–Kier alpha value is -0.570. The van der Waals surface area contributed by atoms with Crippen molar-refractivity contribution < 1.29 is 4.79 Å². The fraction of sp³-hybridized carbons (Fsp3) is 0.875. The van der Waals surface area contributed by atoms with E-state index in [0.29, 0.717) is 6.04 Å². The molecule has 0 aromatic heterocycles. The molecule has 1 amide bonds. The quantitative estimate of drug-likeness (QED) is 0.531. The number of nitrogens with one attached hydrogen (secondary N) is 1. The molecule has 3 heteroatoms. The maximum absolute atomic E-state index is 11.3. The molecule has 2 rings (SSSR count). The highest BCUT2D eigenvalue weighted by molar-refractivity contribution is 5.83. The van der Waals surface area contributed by atoms with Crippen LogP contribution in [-0.2, 0) is 4.79 Å². The van der Waals surface area contributed by atoms with Crippen LogP contribution in [0.1, 0.15) is 19.8 Å². The van der Waals surface area contributed by atoms with Gasteiger partial charge in [0.1, 0.15) is 0 Å². The standard InChI is InChI=1S/C8H14N2O/c1-6-5-10-4-2-3-7(10)8(11)9-6/h6-7H,2-5H2,1H3,(H,9,11)/t6-,7-/m0/s1. The molecule has 0 aliphatic carbocycles. The van der Waals surface area contributed by atoms with Gasteiger partial charge in [0, 0.05) is 12.6 Å². The van der Waals surface area contributed by atoms with E-state index in [-0.39, 0.29) is 11.9 Å². The summed E-state index contributed by atoms with van der Waals surface area (Å²) in [5.41, 5.74) is 0. The van der Waals surface area contributed by atoms with E-state index < -0.39 is 0 Å². The minimum atomic E-state index is 0.200. The number of fused-ring (bicyclic) bond motifs is 1. The number of hydrogen-bond acceptors (Lipinski definition) is 2. The average Bonchev–Trinajstić information content (AvgIpc) is 2.34. The highest BCUT2D eigenvalue weighted by atomic mass is 16.2. The summed E-state index contributed by atoms with van der Waals surface area (Å²) >= 11 is 0. The van der Waals surface area contributed by atoms with E-state index in [4.69, 9.17) is 0 Å². The number of amides is 1. The molecule has 3 nitrogen and oxygen atoms in total. The Morgan fingerprint density at radius 3 is 3.27 bits per heavy atom. The number of carbonyl (C=O) groups is 1. The molecule has 0 bridgehead atoms. The Labute approximate surface area is 66.8 Å². The predicted octanol–water partition coefficient (Wildman–Crippen LogP) is -0.0309. The normalized spacial score (nSPS) is 38.5. The van der Waals surface area contributed by atoms with Gasteiger partial charge < -0.3 is 5.32 Å². The van der Waals surface area contributed by atoms with Crippen LogP contribution in [0.25, 0.3) is 0 Å². The zero-order valence-corrected chi connectivity index (χ0v) is 6.84. The zero-order valence-electron chi connectivity index (χ0n) is 6.84. The smallest absolute Gasteiger partial charge is 0.237 e. The van der Waals surface area contributed by atoms with Gasteiger partial charge in [-0.3, -0.25) is 9.69 Å². The van der Waals surface area contributed by atoms with Gasteiger partial charge >= 0.3 is 0 Å². The first-order valence-electron chi connectivity index (χ1n) is 4.32. The maximum Gasteiger partial charge on any atom is 0.237 e. The van der Waals surface area contributed by atoms with E-state index in [2.05, 4.69) is 17.1 Å². The minimum absolute atomic E-state index is 0.200. The summed E-state index contributed by atoms with van der Waals surface area (Å²) in [5, 5.41) is 2.97. The van der Waals surface area contributed by atoms with Crippen LogP contribution in [0.5, 0.6) is 0 Å². The van der Waals surface area contributed by atoms with E-state index in [1.807, 2.05) is 0 Å². The lowest BCUT2D eigenvalue weighted by atomic mass is 10.1. The van der Waals surface area contributed by atoms with Crippen LogP contribution in [0, 0.1) is 0 Å². The van der Waals surface area contributed by atoms with E-state index in [0.717, 1.165) is 19.5 Å². The van der Waals surface area contributed by atoms with Crippen LogP contribution >= 0.6 is 0 Å². The van der Waals surface area contributed by atoms with E-state index >= 15 is 0 Å². The SMILES string of the molecule is C[C@H]1CN2CCC[C@H]2C(=O)N1. The summed E-state index contributed by atoms with van der Waals surface area (Å²) in [7, 11) is 0. The van der Waals surface area contributed by atoms with Gasteiger partial charge in [0.15, 0.2) is 0 Å². The van der Waals surface area contributed by atoms with Gasteiger partial charge in [0.25, 0.3) is 0 Å². The average molecular weight is 154 g/mol.